The lowest BCUT2D eigenvalue weighted by Crippen LogP contribution is -2.02. The molecular formula is C7H7O5P. The van der Waals surface area contributed by atoms with Gasteiger partial charge >= 0.3 is 13.8 Å². The van der Waals surface area contributed by atoms with E-state index in [4.69, 9.17) is 9.79 Å². The number of carbonyl (C=O) groups excluding carboxylic acids is 1. The van der Waals surface area contributed by atoms with Gasteiger partial charge in [0.25, 0.3) is 0 Å². The van der Waals surface area contributed by atoms with Crippen LogP contribution in [0.15, 0.2) is 30.3 Å². The Hall–Kier alpha value is -1.16. The first-order chi connectivity index (χ1) is 5.99. The maximum Gasteiger partial charge on any atom is 0.527 e. The molecular weight excluding hydrogens is 195 g/mol. The Morgan fingerprint density at radius 3 is 2.23 bits per heavy atom. The summed E-state index contributed by atoms with van der Waals surface area (Å²) < 4.78 is 14.1. The lowest BCUT2D eigenvalue weighted by molar-refractivity contribution is 0.0678. The molecule has 6 heteroatoms. The highest BCUT2D eigenvalue weighted by atomic mass is 31.2. The van der Waals surface area contributed by atoms with Crippen LogP contribution in [0.1, 0.15) is 10.4 Å². The maximum absolute atomic E-state index is 10.9. The predicted octanol–water partition coefficient (Wildman–Crippen LogP) is 0.936. The van der Waals surface area contributed by atoms with E-state index in [9.17, 15) is 9.36 Å². The van der Waals surface area contributed by atoms with Crippen molar-refractivity contribution in [3.63, 3.8) is 0 Å². The minimum atomic E-state index is -4.74. The zero-order valence-corrected chi connectivity index (χ0v) is 7.35. The fourth-order valence-corrected chi connectivity index (χ4v) is 1.06. The summed E-state index contributed by atoms with van der Waals surface area (Å²) in [5, 5.41) is 0. The van der Waals surface area contributed by atoms with Gasteiger partial charge in [-0.3, -0.25) is 9.79 Å². The number of benzene rings is 1. The molecule has 70 valence electrons. The maximum atomic E-state index is 10.9. The summed E-state index contributed by atoms with van der Waals surface area (Å²) in [5.74, 6) is -1.03. The standard InChI is InChI=1S/C7H7O5P/c8-7(12-13(9,10)11)6-4-2-1-3-5-6/h1-5H,(H2,9,10,11). The second-order valence-corrected chi connectivity index (χ2v) is 3.40. The zero-order valence-electron chi connectivity index (χ0n) is 6.45. The van der Waals surface area contributed by atoms with Gasteiger partial charge in [-0.1, -0.05) is 18.2 Å². The monoisotopic (exact) mass is 202 g/mol. The van der Waals surface area contributed by atoms with Gasteiger partial charge in [0, 0.05) is 0 Å². The van der Waals surface area contributed by atoms with Crippen molar-refractivity contribution in [1.29, 1.82) is 0 Å². The summed E-state index contributed by atoms with van der Waals surface area (Å²) in [5.41, 5.74) is 0.103. The van der Waals surface area contributed by atoms with Crippen LogP contribution in [0, 0.1) is 0 Å². The van der Waals surface area contributed by atoms with Crippen LogP contribution in [0.4, 0.5) is 0 Å². The molecule has 1 aromatic carbocycles. The van der Waals surface area contributed by atoms with Crippen molar-refractivity contribution < 1.29 is 23.7 Å². The second-order valence-electron chi connectivity index (χ2n) is 2.24. The molecule has 0 aliphatic heterocycles. The summed E-state index contributed by atoms with van der Waals surface area (Å²) >= 11 is 0. The van der Waals surface area contributed by atoms with Crippen LogP contribution in [-0.4, -0.2) is 15.8 Å². The molecule has 0 aliphatic rings. The minimum absolute atomic E-state index is 0.103. The summed E-state index contributed by atoms with van der Waals surface area (Å²) in [7, 11) is -4.74. The van der Waals surface area contributed by atoms with Crippen LogP contribution >= 0.6 is 7.82 Å². The lowest BCUT2D eigenvalue weighted by atomic mass is 10.2. The van der Waals surface area contributed by atoms with E-state index in [0.717, 1.165) is 0 Å². The van der Waals surface area contributed by atoms with Gasteiger partial charge in [0.2, 0.25) is 0 Å². The fourth-order valence-electron chi connectivity index (χ4n) is 0.735. The Bertz CT molecular complexity index is 341. The first-order valence-corrected chi connectivity index (χ1v) is 4.86. The van der Waals surface area contributed by atoms with E-state index in [0.29, 0.717) is 0 Å². The summed E-state index contributed by atoms with van der Waals surface area (Å²) in [6.07, 6.45) is 0. The van der Waals surface area contributed by atoms with Crippen molar-refractivity contribution in [2.45, 2.75) is 0 Å². The van der Waals surface area contributed by atoms with E-state index in [1.165, 1.54) is 12.1 Å². The van der Waals surface area contributed by atoms with Crippen LogP contribution in [0.3, 0.4) is 0 Å². The zero-order chi connectivity index (χ0) is 9.90. The van der Waals surface area contributed by atoms with Crippen LogP contribution in [0.25, 0.3) is 0 Å². The fraction of sp³-hybridized carbons (Fsp3) is 0. The molecule has 1 aromatic rings. The molecule has 0 saturated heterocycles. The van der Waals surface area contributed by atoms with Gasteiger partial charge in [-0.25, -0.2) is 9.36 Å². The molecule has 0 amide bonds. The number of carbonyl (C=O) groups is 1. The number of rotatable bonds is 2. The Kier molecular flexibility index (Phi) is 2.83. The van der Waals surface area contributed by atoms with Crippen molar-refractivity contribution in [3.05, 3.63) is 35.9 Å². The Morgan fingerprint density at radius 2 is 1.77 bits per heavy atom. The van der Waals surface area contributed by atoms with Gasteiger partial charge in [-0.15, -0.1) is 0 Å². The predicted molar refractivity (Wildman–Crippen MR) is 43.9 cm³/mol. The van der Waals surface area contributed by atoms with Gasteiger partial charge in [0.1, 0.15) is 0 Å². The smallest absolute Gasteiger partial charge is 0.367 e. The first kappa shape index (κ1) is 9.92. The summed E-state index contributed by atoms with van der Waals surface area (Å²) in [6.45, 7) is 0. The third-order valence-corrected chi connectivity index (χ3v) is 1.61. The van der Waals surface area contributed by atoms with Gasteiger partial charge in [-0.2, -0.15) is 0 Å². The molecule has 0 fully saturated rings. The van der Waals surface area contributed by atoms with Crippen molar-refractivity contribution >= 4 is 13.8 Å². The number of phosphoric acid groups is 1. The van der Waals surface area contributed by atoms with Crippen LogP contribution < -0.4 is 0 Å². The Morgan fingerprint density at radius 1 is 1.23 bits per heavy atom. The number of hydrogen-bond acceptors (Lipinski definition) is 3. The van der Waals surface area contributed by atoms with Crippen molar-refractivity contribution in [1.82, 2.24) is 0 Å². The molecule has 1 rings (SSSR count). The molecule has 0 bridgehead atoms. The van der Waals surface area contributed by atoms with Crippen LogP contribution in [-0.2, 0) is 9.09 Å². The van der Waals surface area contributed by atoms with Gasteiger partial charge < -0.3 is 4.52 Å². The third-order valence-electron chi connectivity index (χ3n) is 1.21. The highest BCUT2D eigenvalue weighted by Crippen LogP contribution is 2.36. The SMILES string of the molecule is O=C(OP(=O)(O)O)c1ccccc1. The van der Waals surface area contributed by atoms with E-state index >= 15 is 0 Å². The molecule has 2 N–H and O–H groups in total. The first-order valence-electron chi connectivity index (χ1n) is 3.33. The summed E-state index contributed by atoms with van der Waals surface area (Å²) in [4.78, 5) is 27.6. The third kappa shape index (κ3) is 3.38. The molecule has 0 spiro atoms. The highest BCUT2D eigenvalue weighted by Gasteiger charge is 2.21. The normalized spacial score (nSPS) is 10.9. The topological polar surface area (TPSA) is 83.8 Å². The molecule has 0 radical (unpaired) electrons. The molecule has 0 saturated carbocycles. The average molecular weight is 202 g/mol. The molecule has 0 unspecified atom stereocenters. The molecule has 0 aromatic heterocycles. The average Bonchev–Trinajstić information content (AvgIpc) is 2.03. The molecule has 0 heterocycles. The highest BCUT2D eigenvalue weighted by molar-refractivity contribution is 7.46. The van der Waals surface area contributed by atoms with Crippen molar-refractivity contribution in [2.75, 3.05) is 0 Å². The van der Waals surface area contributed by atoms with E-state index in [2.05, 4.69) is 4.52 Å². The van der Waals surface area contributed by atoms with Gasteiger partial charge in [0.05, 0.1) is 5.56 Å². The van der Waals surface area contributed by atoms with E-state index in [-0.39, 0.29) is 5.56 Å². The van der Waals surface area contributed by atoms with Crippen LogP contribution in [0.5, 0.6) is 0 Å². The lowest BCUT2D eigenvalue weighted by Gasteiger charge is -2.03. The second kappa shape index (κ2) is 3.70. The van der Waals surface area contributed by atoms with E-state index < -0.39 is 13.8 Å². The van der Waals surface area contributed by atoms with Crippen LogP contribution in [0.2, 0.25) is 0 Å². The largest absolute Gasteiger partial charge is 0.527 e. The Labute approximate surface area is 74.2 Å². The minimum Gasteiger partial charge on any atom is -0.367 e. The van der Waals surface area contributed by atoms with E-state index in [1.807, 2.05) is 0 Å². The molecule has 5 nitrogen and oxygen atoms in total. The number of phosphoric ester groups is 1. The van der Waals surface area contributed by atoms with E-state index in [1.54, 1.807) is 18.2 Å². The Balaban J connectivity index is 2.76. The van der Waals surface area contributed by atoms with Crippen molar-refractivity contribution in [3.8, 4) is 0 Å². The van der Waals surface area contributed by atoms with Gasteiger partial charge in [-0.05, 0) is 12.1 Å². The van der Waals surface area contributed by atoms with Crippen molar-refractivity contribution in [2.24, 2.45) is 0 Å². The van der Waals surface area contributed by atoms with Gasteiger partial charge in [0.15, 0.2) is 0 Å². The molecule has 13 heavy (non-hydrogen) atoms. The quantitative estimate of drug-likeness (QED) is 0.697. The summed E-state index contributed by atoms with van der Waals surface area (Å²) in [6, 6.07) is 7.61. The number of hydrogen-bond donors (Lipinski definition) is 2. The molecule has 0 aliphatic carbocycles. The molecule has 0 atom stereocenters.